The fourth-order valence-electron chi connectivity index (χ4n) is 13.1. The van der Waals surface area contributed by atoms with Gasteiger partial charge in [-0.3, -0.25) is 47.9 Å². The Bertz CT molecular complexity index is 3780. The molecule has 0 unspecified atom stereocenters. The summed E-state index contributed by atoms with van der Waals surface area (Å²) in [5.41, 5.74) is 15.5. The number of carbonyl (C=O) groups is 10. The summed E-state index contributed by atoms with van der Waals surface area (Å²) in [6.07, 6.45) is 5.00. The largest absolute Gasteiger partial charge is 0.508 e. The molecule has 0 radical (unpaired) electrons. The van der Waals surface area contributed by atoms with Gasteiger partial charge in [-0.15, -0.1) is 0 Å². The van der Waals surface area contributed by atoms with Gasteiger partial charge in [0.25, 0.3) is 0 Å². The molecule has 2 fully saturated rings. The van der Waals surface area contributed by atoms with Crippen molar-refractivity contribution in [2.75, 3.05) is 37.7 Å². The summed E-state index contributed by atoms with van der Waals surface area (Å²) in [6, 6.07) is 14.4. The number of hydrogen-bond donors (Lipinski definition) is 10. The Hall–Kier alpha value is -8.62. The van der Waals surface area contributed by atoms with Gasteiger partial charge < -0.3 is 63.3 Å². The number of thioether (sulfide) groups is 2. The van der Waals surface area contributed by atoms with Crippen LogP contribution in [0.2, 0.25) is 0 Å². The molecule has 97 heavy (non-hydrogen) atoms. The van der Waals surface area contributed by atoms with Crippen LogP contribution in [0.5, 0.6) is 5.75 Å². The van der Waals surface area contributed by atoms with Gasteiger partial charge in [0, 0.05) is 85.3 Å². The number of aromatic hydroxyl groups is 1. The van der Waals surface area contributed by atoms with E-state index in [0.29, 0.717) is 82.7 Å². The number of H-pyrrole nitrogens is 1. The summed E-state index contributed by atoms with van der Waals surface area (Å²) in [5.74, 6) is -7.21. The molecule has 518 valence electrons. The maximum absolute atomic E-state index is 15.2. The summed E-state index contributed by atoms with van der Waals surface area (Å²) in [5, 5.41) is 27.3. The molecule has 4 bridgehead atoms. The zero-order valence-electron chi connectivity index (χ0n) is 54.9. The lowest BCUT2D eigenvalue weighted by molar-refractivity contribution is -0.147. The van der Waals surface area contributed by atoms with Crippen molar-refractivity contribution in [1.29, 1.82) is 0 Å². The second-order valence-corrected chi connectivity index (χ2v) is 28.3. The van der Waals surface area contributed by atoms with Gasteiger partial charge >= 0.3 is 0 Å². The number of amides is 9. The number of fused-ring (bicyclic) bond motifs is 7. The van der Waals surface area contributed by atoms with Gasteiger partial charge in [0.2, 0.25) is 53.2 Å². The van der Waals surface area contributed by atoms with E-state index in [2.05, 4.69) is 36.9 Å². The lowest BCUT2D eigenvalue weighted by atomic mass is 9.86. The van der Waals surface area contributed by atoms with Crippen molar-refractivity contribution in [3.63, 3.8) is 0 Å². The molecular weight excluding hydrogens is 1280 g/mol. The monoisotopic (exact) mass is 1370 g/mol. The normalized spacial score (nSPS) is 24.3. The summed E-state index contributed by atoms with van der Waals surface area (Å²) in [6.45, 7) is 5.17. The number of Topliss-reactive ketones (excluding diaryl/α,β-unsaturated/α-hetero) is 1. The number of carbonyl (C=O) groups excluding carboxylic acids is 10. The van der Waals surface area contributed by atoms with E-state index in [9.17, 15) is 42.7 Å². The van der Waals surface area contributed by atoms with Crippen molar-refractivity contribution in [2.45, 2.75) is 158 Å². The number of benzene rings is 4. The SMILES string of the molecule is CC(C)C[C@H]1C(=O)N[C@@H](Cc2ccc(O)cc2)C(=O)N2CCC[C@@]2(C)C(=O)C[C@H](C(N)=O)CSCc2cccc(c2)CSCCC(=O)N[C@@H](CCCCN)C(=O)NCC(=O)N[C@@H](Cc2c[nH]c3ccc(F)cc23)C(=O)N[C@@H](CC2=CCc3ccc(F)cc32)C(=O)N[C@H]2CCN1C2=O. The first kappa shape index (κ1) is 72.6. The Balaban J connectivity index is 1.03. The predicted molar refractivity (Wildman–Crippen MR) is 367 cm³/mol. The standard InChI is InChI=1S/C71H87F2N11O11S2/c1-41(2)28-60-68(93)82-59(30-42-11-18-51(85)19-12-42)70(95)84-25-7-23-71(84,3)61(86)33-48(64(75)89)40-97-39-44-9-6-8-43(29-44)38-96-27-22-62(87)78-55(10-4-5-24-74)65(90)77-37-63(88)79-57(32-47-36-76-54-20-17-50(73)35-53(47)54)66(91)81-58(67(92)80-56-21-26-83(60)69(56)94)31-46-14-13-45-15-16-49(72)34-52(45)46/h6,8-9,11-12,14-20,29,34-36,41,48,55-60,76,85H,4-5,7,10,13,21-28,30-33,37-40,74H2,1-3H3,(H2,75,89)(H,77,90)(H,78,87)(H,79,88)(H,80,92)(H,81,91)(H,82,93)/t48-,55-,56-,57-,58-,59-,60-,71-/m0/s1. The van der Waals surface area contributed by atoms with Crippen LogP contribution < -0.4 is 43.4 Å². The lowest BCUT2D eigenvalue weighted by Crippen LogP contribution is -2.60. The van der Waals surface area contributed by atoms with Gasteiger partial charge in [0.05, 0.1) is 18.0 Å². The maximum atomic E-state index is 15.2. The molecule has 0 spiro atoms. The Morgan fingerprint density at radius 3 is 2.19 bits per heavy atom. The van der Waals surface area contributed by atoms with Crippen molar-refractivity contribution in [1.82, 2.24) is 46.7 Å². The Morgan fingerprint density at radius 1 is 0.742 bits per heavy atom. The topological polar surface area (TPSA) is 337 Å². The molecule has 4 heterocycles. The molecule has 8 atom stereocenters. The number of aromatic amines is 1. The minimum atomic E-state index is -1.50. The van der Waals surface area contributed by atoms with Gasteiger partial charge in [0.1, 0.15) is 53.6 Å². The van der Waals surface area contributed by atoms with Crippen molar-refractivity contribution >= 4 is 98.9 Å². The second kappa shape index (κ2) is 33.6. The van der Waals surface area contributed by atoms with Gasteiger partial charge in [-0.2, -0.15) is 23.5 Å². The molecule has 0 saturated carbocycles. The molecule has 26 heteroatoms. The highest BCUT2D eigenvalue weighted by molar-refractivity contribution is 7.98. The Kier molecular flexibility index (Phi) is 25.1. The van der Waals surface area contributed by atoms with Crippen molar-refractivity contribution in [3.05, 3.63) is 142 Å². The van der Waals surface area contributed by atoms with E-state index in [1.165, 1.54) is 75.8 Å². The van der Waals surface area contributed by atoms with Crippen LogP contribution in [0.4, 0.5) is 8.78 Å². The molecule has 4 aromatic carbocycles. The molecule has 1 aromatic heterocycles. The van der Waals surface area contributed by atoms with Gasteiger partial charge in [-0.25, -0.2) is 8.78 Å². The zero-order valence-corrected chi connectivity index (χ0v) is 56.5. The van der Waals surface area contributed by atoms with Crippen LogP contribution in [0.15, 0.2) is 97.2 Å². The number of primary amides is 1. The number of nitrogens with zero attached hydrogens (tertiary/aromatic N) is 2. The van der Waals surface area contributed by atoms with Crippen molar-refractivity contribution < 1.29 is 61.8 Å². The fraction of sp³-hybridized carbons (Fsp3) is 0.465. The Morgan fingerprint density at radius 2 is 1.44 bits per heavy atom. The van der Waals surface area contributed by atoms with Crippen LogP contribution in [0.25, 0.3) is 16.5 Å². The van der Waals surface area contributed by atoms with Crippen LogP contribution in [-0.4, -0.2) is 158 Å². The first-order valence-electron chi connectivity index (χ1n) is 33.1. The average molecular weight is 1370 g/mol. The van der Waals surface area contributed by atoms with E-state index in [-0.39, 0.29) is 94.1 Å². The minimum Gasteiger partial charge on any atom is -0.508 e. The molecular formula is C71H87F2N11O11S2. The third kappa shape index (κ3) is 19.2. The highest BCUT2D eigenvalue weighted by atomic mass is 32.2. The van der Waals surface area contributed by atoms with Gasteiger partial charge in [-0.05, 0) is 152 Å². The third-order valence-corrected chi connectivity index (χ3v) is 20.7. The summed E-state index contributed by atoms with van der Waals surface area (Å²) in [7, 11) is 0. The van der Waals surface area contributed by atoms with Gasteiger partial charge in [0.15, 0.2) is 5.78 Å². The van der Waals surface area contributed by atoms with Crippen LogP contribution in [0.1, 0.15) is 118 Å². The second-order valence-electron chi connectivity index (χ2n) is 26.1. The molecule has 22 nitrogen and oxygen atoms in total. The number of nitrogens with two attached hydrogens (primary N) is 2. The Labute approximate surface area is 571 Å². The summed E-state index contributed by atoms with van der Waals surface area (Å²) in [4.78, 5) is 150. The lowest BCUT2D eigenvalue weighted by Gasteiger charge is -2.38. The molecule has 5 aromatic rings. The zero-order chi connectivity index (χ0) is 69.5. The molecule has 9 rings (SSSR count). The number of unbranched alkanes of at least 4 members (excludes halogenated alkanes) is 1. The van der Waals surface area contributed by atoms with E-state index >= 15 is 19.2 Å². The highest BCUT2D eigenvalue weighted by Crippen LogP contribution is 2.36. The smallest absolute Gasteiger partial charge is 0.246 e. The number of rotatable bonds is 13. The number of phenols is 1. The molecule has 9 amide bonds. The van der Waals surface area contributed by atoms with E-state index in [4.69, 9.17) is 11.5 Å². The molecule has 12 N–H and O–H groups in total. The predicted octanol–water partition coefficient (Wildman–Crippen LogP) is 5.30. The fourth-order valence-corrected chi connectivity index (χ4v) is 15.1. The first-order chi connectivity index (χ1) is 46.5. The van der Waals surface area contributed by atoms with Crippen LogP contribution in [0.3, 0.4) is 0 Å². The highest BCUT2D eigenvalue weighted by Gasteiger charge is 2.49. The number of hydrogen-bond acceptors (Lipinski definition) is 14. The number of nitrogens with one attached hydrogen (secondary N) is 7. The van der Waals surface area contributed by atoms with Gasteiger partial charge in [-0.1, -0.05) is 62.4 Å². The van der Waals surface area contributed by atoms with Crippen LogP contribution >= 0.6 is 23.5 Å². The van der Waals surface area contributed by atoms with Crippen LogP contribution in [0, 0.1) is 23.5 Å². The van der Waals surface area contributed by atoms with Crippen molar-refractivity contribution in [2.24, 2.45) is 23.3 Å². The summed E-state index contributed by atoms with van der Waals surface area (Å²) >= 11 is 2.93. The number of phenolic OH excluding ortho intramolecular Hbond substituents is 1. The molecule has 4 aliphatic rings. The van der Waals surface area contributed by atoms with E-state index in [1.807, 2.05) is 38.1 Å². The number of halogens is 2. The molecule has 3 aliphatic heterocycles. The average Bonchev–Trinajstić information content (AvgIpc) is 1.73. The maximum Gasteiger partial charge on any atom is 0.246 e. The number of aromatic nitrogens is 1. The van der Waals surface area contributed by atoms with E-state index < -0.39 is 119 Å². The quantitative estimate of drug-likeness (QED) is 0.0670. The number of ketones is 1. The van der Waals surface area contributed by atoms with E-state index in [0.717, 1.165) is 16.7 Å². The summed E-state index contributed by atoms with van der Waals surface area (Å²) < 4.78 is 29.8. The molecule has 2 saturated heterocycles. The van der Waals surface area contributed by atoms with Crippen molar-refractivity contribution in [3.8, 4) is 5.75 Å². The first-order valence-corrected chi connectivity index (χ1v) is 35.4. The number of allylic oxidation sites excluding steroid dienone is 1. The van der Waals surface area contributed by atoms with E-state index in [1.54, 1.807) is 37.4 Å². The third-order valence-electron chi connectivity index (χ3n) is 18.5. The minimum absolute atomic E-state index is 0.00408. The van der Waals surface area contributed by atoms with Crippen LogP contribution in [-0.2, 0) is 78.7 Å². The molecule has 1 aliphatic carbocycles.